The molecule has 0 amide bonds. The standard InChI is InChI=1S/C9H16N4O2S/c1-6(14)7(10-2)4-5-11-9-12-8(15-3)13-16-9/h7,10H,4-5H2,1-3H3,(H,11,12,13). The van der Waals surface area contributed by atoms with Gasteiger partial charge in [-0.2, -0.15) is 4.98 Å². The van der Waals surface area contributed by atoms with Crippen LogP contribution in [0.5, 0.6) is 6.01 Å². The van der Waals surface area contributed by atoms with Crippen LogP contribution in [0, 0.1) is 0 Å². The van der Waals surface area contributed by atoms with E-state index in [2.05, 4.69) is 20.0 Å². The molecule has 1 rings (SSSR count). The summed E-state index contributed by atoms with van der Waals surface area (Å²) in [7, 11) is 3.30. The molecule has 0 fully saturated rings. The summed E-state index contributed by atoms with van der Waals surface area (Å²) in [6.07, 6.45) is 0.716. The van der Waals surface area contributed by atoms with Gasteiger partial charge in [0.25, 0.3) is 0 Å². The molecular weight excluding hydrogens is 228 g/mol. The third-order valence-electron chi connectivity index (χ3n) is 2.14. The molecule has 1 aromatic rings. The maximum absolute atomic E-state index is 11.1. The highest BCUT2D eigenvalue weighted by atomic mass is 32.1. The number of hydrogen-bond donors (Lipinski definition) is 2. The second kappa shape index (κ2) is 6.39. The molecule has 90 valence electrons. The smallest absolute Gasteiger partial charge is 0.329 e. The van der Waals surface area contributed by atoms with E-state index in [4.69, 9.17) is 4.74 Å². The number of rotatable bonds is 7. The van der Waals surface area contributed by atoms with Crippen LogP contribution < -0.4 is 15.4 Å². The van der Waals surface area contributed by atoms with Gasteiger partial charge in [0.05, 0.1) is 13.2 Å². The molecule has 16 heavy (non-hydrogen) atoms. The number of aromatic nitrogens is 2. The zero-order valence-corrected chi connectivity index (χ0v) is 10.4. The molecule has 0 aliphatic heterocycles. The van der Waals surface area contributed by atoms with Gasteiger partial charge >= 0.3 is 6.01 Å². The Morgan fingerprint density at radius 3 is 2.88 bits per heavy atom. The molecule has 0 bridgehead atoms. The fourth-order valence-corrected chi connectivity index (χ4v) is 1.80. The largest absolute Gasteiger partial charge is 0.466 e. The Hall–Kier alpha value is -1.21. The van der Waals surface area contributed by atoms with Crippen molar-refractivity contribution in [1.82, 2.24) is 14.7 Å². The average Bonchev–Trinajstić information content (AvgIpc) is 2.71. The topological polar surface area (TPSA) is 76.1 Å². The van der Waals surface area contributed by atoms with Crippen molar-refractivity contribution in [3.63, 3.8) is 0 Å². The highest BCUT2D eigenvalue weighted by Crippen LogP contribution is 2.15. The second-order valence-electron chi connectivity index (χ2n) is 3.25. The number of methoxy groups -OCH3 is 1. The summed E-state index contributed by atoms with van der Waals surface area (Å²) in [5.74, 6) is 0.138. The number of carbonyl (C=O) groups excluding carboxylic acids is 1. The van der Waals surface area contributed by atoms with E-state index in [0.717, 1.165) is 0 Å². The van der Waals surface area contributed by atoms with Crippen LogP contribution in [-0.2, 0) is 4.79 Å². The summed E-state index contributed by atoms with van der Waals surface area (Å²) < 4.78 is 8.81. The van der Waals surface area contributed by atoms with E-state index in [1.807, 2.05) is 0 Å². The fraction of sp³-hybridized carbons (Fsp3) is 0.667. The molecule has 0 aliphatic rings. The van der Waals surface area contributed by atoms with E-state index < -0.39 is 0 Å². The number of ketones is 1. The molecule has 2 N–H and O–H groups in total. The van der Waals surface area contributed by atoms with Gasteiger partial charge < -0.3 is 15.4 Å². The second-order valence-corrected chi connectivity index (χ2v) is 4.01. The normalized spacial score (nSPS) is 12.2. The van der Waals surface area contributed by atoms with Gasteiger partial charge in [0.15, 0.2) is 0 Å². The van der Waals surface area contributed by atoms with E-state index >= 15 is 0 Å². The molecule has 0 radical (unpaired) electrons. The summed E-state index contributed by atoms with van der Waals surface area (Å²) in [5.41, 5.74) is 0. The molecule has 1 atom stereocenters. The van der Waals surface area contributed by atoms with Gasteiger partial charge in [-0.05, 0) is 20.4 Å². The summed E-state index contributed by atoms with van der Waals surface area (Å²) >= 11 is 1.24. The lowest BCUT2D eigenvalue weighted by atomic mass is 10.1. The highest BCUT2D eigenvalue weighted by Gasteiger charge is 2.11. The van der Waals surface area contributed by atoms with Gasteiger partial charge in [-0.1, -0.05) is 0 Å². The summed E-state index contributed by atoms with van der Waals surface area (Å²) in [6, 6.07) is 0.256. The molecule has 1 heterocycles. The SMILES string of the molecule is CNC(CCNc1nc(OC)ns1)C(C)=O. The lowest BCUT2D eigenvalue weighted by molar-refractivity contribution is -0.118. The Labute approximate surface area is 98.6 Å². The number of likely N-dealkylation sites (N-methyl/N-ethyl adjacent to an activating group) is 1. The molecule has 7 heteroatoms. The Morgan fingerprint density at radius 1 is 1.62 bits per heavy atom. The Bertz CT molecular complexity index is 342. The number of nitrogens with one attached hydrogen (secondary N) is 2. The number of anilines is 1. The molecule has 0 spiro atoms. The number of nitrogens with zero attached hydrogens (tertiary/aromatic N) is 2. The van der Waals surface area contributed by atoms with E-state index in [-0.39, 0.29) is 11.8 Å². The summed E-state index contributed by atoms with van der Waals surface area (Å²) in [5, 5.41) is 6.75. The van der Waals surface area contributed by atoms with Gasteiger partial charge in [-0.15, -0.1) is 4.37 Å². The van der Waals surface area contributed by atoms with Crippen molar-refractivity contribution in [2.45, 2.75) is 19.4 Å². The first kappa shape index (κ1) is 12.9. The predicted molar refractivity (Wildman–Crippen MR) is 63.1 cm³/mol. The molecule has 0 aliphatic carbocycles. The van der Waals surface area contributed by atoms with Crippen LogP contribution in [0.25, 0.3) is 0 Å². The fourth-order valence-electron chi connectivity index (χ4n) is 1.24. The number of ether oxygens (including phenoxy) is 1. The minimum absolute atomic E-state index is 0.109. The summed E-state index contributed by atoms with van der Waals surface area (Å²) in [4.78, 5) is 15.2. The molecular formula is C9H16N4O2S. The maximum Gasteiger partial charge on any atom is 0.329 e. The van der Waals surface area contributed by atoms with Crippen LogP contribution in [0.1, 0.15) is 13.3 Å². The van der Waals surface area contributed by atoms with E-state index in [9.17, 15) is 4.79 Å². The van der Waals surface area contributed by atoms with Crippen LogP contribution in [0.15, 0.2) is 0 Å². The van der Waals surface area contributed by atoms with Crippen molar-refractivity contribution in [1.29, 1.82) is 0 Å². The van der Waals surface area contributed by atoms with E-state index in [1.54, 1.807) is 14.0 Å². The van der Waals surface area contributed by atoms with Crippen LogP contribution >= 0.6 is 11.5 Å². The van der Waals surface area contributed by atoms with Crippen LogP contribution in [-0.4, -0.2) is 41.9 Å². The summed E-state index contributed by atoms with van der Waals surface area (Å²) in [6.45, 7) is 2.25. The van der Waals surface area contributed by atoms with Crippen molar-refractivity contribution >= 4 is 22.4 Å². The van der Waals surface area contributed by atoms with Crippen LogP contribution in [0.3, 0.4) is 0 Å². The predicted octanol–water partition coefficient (Wildman–Crippen LogP) is 0.526. The van der Waals surface area contributed by atoms with Crippen molar-refractivity contribution in [3.8, 4) is 6.01 Å². The van der Waals surface area contributed by atoms with Gasteiger partial charge in [-0.3, -0.25) is 4.79 Å². The van der Waals surface area contributed by atoms with E-state index in [1.165, 1.54) is 18.6 Å². The maximum atomic E-state index is 11.1. The Balaban J connectivity index is 2.32. The monoisotopic (exact) mass is 244 g/mol. The van der Waals surface area contributed by atoms with Gasteiger partial charge in [0, 0.05) is 18.1 Å². The van der Waals surface area contributed by atoms with Crippen molar-refractivity contribution in [2.24, 2.45) is 0 Å². The highest BCUT2D eigenvalue weighted by molar-refractivity contribution is 7.09. The minimum atomic E-state index is -0.109. The number of carbonyl (C=O) groups is 1. The van der Waals surface area contributed by atoms with Gasteiger partial charge in [-0.25, -0.2) is 0 Å². The average molecular weight is 244 g/mol. The van der Waals surface area contributed by atoms with E-state index in [0.29, 0.717) is 24.1 Å². The molecule has 0 saturated heterocycles. The Kier molecular flexibility index (Phi) is 5.13. The third-order valence-corrected chi connectivity index (χ3v) is 2.79. The molecule has 6 nitrogen and oxygen atoms in total. The number of Topliss-reactive ketones (excluding diaryl/α,β-unsaturated/α-hetero) is 1. The van der Waals surface area contributed by atoms with Crippen molar-refractivity contribution in [2.75, 3.05) is 26.0 Å². The van der Waals surface area contributed by atoms with Crippen LogP contribution in [0.4, 0.5) is 5.13 Å². The van der Waals surface area contributed by atoms with Gasteiger partial charge in [0.1, 0.15) is 5.78 Å². The molecule has 0 aromatic carbocycles. The quantitative estimate of drug-likeness (QED) is 0.728. The minimum Gasteiger partial charge on any atom is -0.466 e. The van der Waals surface area contributed by atoms with Crippen molar-refractivity contribution in [3.05, 3.63) is 0 Å². The Morgan fingerprint density at radius 2 is 2.38 bits per heavy atom. The molecule has 1 aromatic heterocycles. The lowest BCUT2D eigenvalue weighted by Crippen LogP contribution is -2.34. The first-order valence-electron chi connectivity index (χ1n) is 4.96. The third kappa shape index (κ3) is 3.74. The first-order valence-corrected chi connectivity index (χ1v) is 5.74. The number of hydrogen-bond acceptors (Lipinski definition) is 7. The van der Waals surface area contributed by atoms with Crippen molar-refractivity contribution < 1.29 is 9.53 Å². The zero-order chi connectivity index (χ0) is 12.0. The molecule has 1 unspecified atom stereocenters. The first-order chi connectivity index (χ1) is 7.67. The molecule has 0 saturated carbocycles. The lowest BCUT2D eigenvalue weighted by Gasteiger charge is -2.12. The van der Waals surface area contributed by atoms with Gasteiger partial charge in [0.2, 0.25) is 5.13 Å². The zero-order valence-electron chi connectivity index (χ0n) is 9.61. The van der Waals surface area contributed by atoms with Crippen LogP contribution in [0.2, 0.25) is 0 Å².